The Morgan fingerprint density at radius 1 is 1.09 bits per heavy atom. The number of hydrogen-bond donors (Lipinski definition) is 1. The minimum Gasteiger partial charge on any atom is -0.872 e. The number of nitrogens with one attached hydrogen (secondary N) is 1. The Hall–Kier alpha value is -3.41. The number of aromatic nitrogens is 2. The third kappa shape index (κ3) is 3.11. The van der Waals surface area contributed by atoms with Crippen LogP contribution in [-0.4, -0.2) is 11.1 Å². The van der Waals surface area contributed by atoms with E-state index < -0.39 is 11.4 Å². The highest BCUT2D eigenvalue weighted by atomic mass is 16.5. The van der Waals surface area contributed by atoms with E-state index in [1.165, 1.54) is 29.0 Å². The topological polar surface area (TPSA) is 90.0 Å². The van der Waals surface area contributed by atoms with Crippen LogP contribution in [0.25, 0.3) is 11.8 Å². The molecule has 6 nitrogen and oxygen atoms in total. The molecule has 0 radical (unpaired) electrons. The van der Waals surface area contributed by atoms with Crippen molar-refractivity contribution in [3.63, 3.8) is 0 Å². The number of rotatable bonds is 4. The molecule has 2 aromatic carbocycles. The highest BCUT2D eigenvalue weighted by Crippen LogP contribution is 2.08. The van der Waals surface area contributed by atoms with Gasteiger partial charge in [-0.15, -0.1) is 5.75 Å². The molecule has 0 saturated carbocycles. The van der Waals surface area contributed by atoms with Gasteiger partial charge in [-0.05, 0) is 21.6 Å². The van der Waals surface area contributed by atoms with Crippen molar-refractivity contribution < 1.29 is 19.1 Å². The zero-order valence-electron chi connectivity index (χ0n) is 11.9. The lowest BCUT2D eigenvalue weighted by molar-refractivity contribution is -0.672. The van der Waals surface area contributed by atoms with E-state index in [9.17, 15) is 14.7 Å². The average molecular weight is 308 g/mol. The molecule has 0 amide bonds. The van der Waals surface area contributed by atoms with Gasteiger partial charge in [0.15, 0.2) is 0 Å². The van der Waals surface area contributed by atoms with E-state index in [0.29, 0.717) is 11.3 Å². The lowest BCUT2D eigenvalue weighted by Gasteiger charge is -2.02. The van der Waals surface area contributed by atoms with E-state index in [2.05, 4.69) is 5.27 Å². The van der Waals surface area contributed by atoms with Gasteiger partial charge in [0.25, 0.3) is 5.78 Å². The third-order valence-corrected chi connectivity index (χ3v) is 3.20. The summed E-state index contributed by atoms with van der Waals surface area (Å²) in [4.78, 5) is 24.1. The number of aromatic amines is 1. The van der Waals surface area contributed by atoms with Gasteiger partial charge in [0.2, 0.25) is 5.69 Å². The van der Waals surface area contributed by atoms with Crippen molar-refractivity contribution in [3.8, 4) is 11.4 Å². The fourth-order valence-corrected chi connectivity index (χ4v) is 2.07. The van der Waals surface area contributed by atoms with Crippen LogP contribution in [0.4, 0.5) is 0 Å². The van der Waals surface area contributed by atoms with Crippen molar-refractivity contribution in [3.05, 3.63) is 82.4 Å². The molecule has 6 heteroatoms. The van der Waals surface area contributed by atoms with Gasteiger partial charge in [-0.25, -0.2) is 4.79 Å². The first-order chi connectivity index (χ1) is 11.1. The van der Waals surface area contributed by atoms with E-state index in [0.717, 1.165) is 0 Å². The number of carbonyl (C=O) groups excluding carboxylic acids is 1. The summed E-state index contributed by atoms with van der Waals surface area (Å²) < 4.78 is 6.01. The predicted molar refractivity (Wildman–Crippen MR) is 80.1 cm³/mol. The summed E-state index contributed by atoms with van der Waals surface area (Å²) in [6, 6.07) is 14.8. The van der Waals surface area contributed by atoms with E-state index >= 15 is 0 Å². The van der Waals surface area contributed by atoms with E-state index in [4.69, 9.17) is 4.52 Å². The highest BCUT2D eigenvalue weighted by molar-refractivity contribution is 6.04. The Balaban J connectivity index is 1.93. The lowest BCUT2D eigenvalue weighted by Crippen LogP contribution is -2.40. The van der Waals surface area contributed by atoms with Crippen molar-refractivity contribution in [1.29, 1.82) is 0 Å². The molecule has 3 rings (SSSR count). The molecule has 0 bridgehead atoms. The maximum Gasteiger partial charge on any atom is 0.439 e. The number of ketones is 1. The van der Waals surface area contributed by atoms with Crippen LogP contribution in [-0.2, 0) is 0 Å². The molecule has 114 valence electrons. The molecule has 3 aromatic rings. The van der Waals surface area contributed by atoms with Gasteiger partial charge in [0.05, 0.1) is 0 Å². The van der Waals surface area contributed by atoms with Gasteiger partial charge in [-0.3, -0.25) is 9.32 Å². The van der Waals surface area contributed by atoms with Crippen molar-refractivity contribution in [1.82, 2.24) is 5.27 Å². The molecular weight excluding hydrogens is 296 g/mol. The normalized spacial score (nSPS) is 11.0. The van der Waals surface area contributed by atoms with Crippen LogP contribution in [0.1, 0.15) is 16.1 Å². The second-order valence-electron chi connectivity index (χ2n) is 4.77. The molecule has 0 unspecified atom stereocenters. The molecule has 1 aromatic heterocycles. The van der Waals surface area contributed by atoms with E-state index in [-0.39, 0.29) is 11.4 Å². The minimum absolute atomic E-state index is 0.110. The number of hydrogen-bond acceptors (Lipinski definition) is 4. The van der Waals surface area contributed by atoms with E-state index in [1.54, 1.807) is 36.4 Å². The monoisotopic (exact) mass is 308 g/mol. The van der Waals surface area contributed by atoms with Crippen LogP contribution in [0.5, 0.6) is 5.75 Å². The largest absolute Gasteiger partial charge is 0.872 e. The second kappa shape index (κ2) is 6.15. The molecule has 0 fully saturated rings. The van der Waals surface area contributed by atoms with Gasteiger partial charge in [-0.2, -0.15) is 0 Å². The fourth-order valence-electron chi connectivity index (χ4n) is 2.07. The van der Waals surface area contributed by atoms with Gasteiger partial charge in [0, 0.05) is 12.1 Å². The maximum absolute atomic E-state index is 12.3. The lowest BCUT2D eigenvalue weighted by atomic mass is 10.1. The Bertz CT molecular complexity index is 906. The first-order valence-electron chi connectivity index (χ1n) is 6.83. The summed E-state index contributed by atoms with van der Waals surface area (Å²) in [6.07, 6.45) is 2.79. The quantitative estimate of drug-likeness (QED) is 0.446. The summed E-state index contributed by atoms with van der Waals surface area (Å²) >= 11 is 0. The van der Waals surface area contributed by atoms with Gasteiger partial charge in [-0.1, -0.05) is 48.5 Å². The molecule has 0 spiro atoms. The smallest absolute Gasteiger partial charge is 0.439 e. The number of benzene rings is 2. The minimum atomic E-state index is -0.751. The summed E-state index contributed by atoms with van der Waals surface area (Å²) in [5, 5.41) is 13.5. The Labute approximate surface area is 130 Å². The van der Waals surface area contributed by atoms with Crippen LogP contribution >= 0.6 is 0 Å². The van der Waals surface area contributed by atoms with Gasteiger partial charge < -0.3 is 5.11 Å². The van der Waals surface area contributed by atoms with Crippen molar-refractivity contribution in [2.75, 3.05) is 0 Å². The summed E-state index contributed by atoms with van der Waals surface area (Å²) in [7, 11) is 0. The molecule has 1 heterocycles. The summed E-state index contributed by atoms with van der Waals surface area (Å²) in [5.74, 6) is -0.614. The summed E-state index contributed by atoms with van der Waals surface area (Å²) in [6.45, 7) is 0. The first-order valence-corrected chi connectivity index (χ1v) is 6.83. The van der Waals surface area contributed by atoms with Gasteiger partial charge in [0.1, 0.15) is 0 Å². The molecule has 0 aliphatic heterocycles. The average Bonchev–Trinajstić information content (AvgIpc) is 2.96. The first kappa shape index (κ1) is 14.5. The van der Waals surface area contributed by atoms with Crippen LogP contribution in [0.2, 0.25) is 0 Å². The Morgan fingerprint density at radius 2 is 1.78 bits per heavy atom. The van der Waals surface area contributed by atoms with Crippen LogP contribution < -0.4 is 15.4 Å². The number of nitrogens with zero attached hydrogens (tertiary/aromatic N) is 1. The molecule has 0 saturated heterocycles. The second-order valence-corrected chi connectivity index (χ2v) is 4.77. The number of allylic oxidation sites excluding steroid dienone is 1. The fraction of sp³-hybridized carbons (Fsp3) is 0. The summed E-state index contributed by atoms with van der Waals surface area (Å²) in [5.41, 5.74) is 0.404. The molecule has 0 atom stereocenters. The maximum atomic E-state index is 12.3. The molecular formula is C17H12N2O4. The molecule has 23 heavy (non-hydrogen) atoms. The Morgan fingerprint density at radius 3 is 2.48 bits per heavy atom. The highest BCUT2D eigenvalue weighted by Gasteiger charge is 2.28. The predicted octanol–water partition coefficient (Wildman–Crippen LogP) is 1.21. The zero-order chi connectivity index (χ0) is 16.2. The van der Waals surface area contributed by atoms with Crippen LogP contribution in [0.3, 0.4) is 0 Å². The zero-order valence-corrected chi connectivity index (χ0v) is 11.9. The van der Waals surface area contributed by atoms with Crippen molar-refractivity contribution in [2.24, 2.45) is 0 Å². The Kier molecular flexibility index (Phi) is 3.88. The molecule has 1 N–H and O–H groups in total. The van der Waals surface area contributed by atoms with E-state index in [1.807, 2.05) is 6.07 Å². The van der Waals surface area contributed by atoms with Crippen molar-refractivity contribution in [2.45, 2.75) is 0 Å². The number of carbonyl (C=O) groups is 1. The van der Waals surface area contributed by atoms with Crippen molar-refractivity contribution >= 4 is 11.9 Å². The number of H-pyrrole nitrogens is 1. The standard InChI is InChI=1S/C17H12N2O4/c20-14-9-6-12(7-10-14)8-11-15(21)16-17(22)23-18-19(16)13-4-2-1-3-5-13/h1-11H,(H-,18,20,21,22). The van der Waals surface area contributed by atoms with Crippen LogP contribution in [0.15, 0.2) is 70.0 Å². The van der Waals surface area contributed by atoms with Gasteiger partial charge >= 0.3 is 11.3 Å². The molecule has 0 aliphatic carbocycles. The molecule has 0 aliphatic rings. The number of para-hydroxylation sites is 1. The SMILES string of the molecule is O=C(/C=C/c1ccc([O-])cc1)c1c(=O)o[nH][n+]1-c1ccccc1. The van der Waals surface area contributed by atoms with Crippen LogP contribution in [0, 0.1) is 0 Å². The third-order valence-electron chi connectivity index (χ3n) is 3.20.